The molecule has 0 aliphatic carbocycles. The summed E-state index contributed by atoms with van der Waals surface area (Å²) in [6.07, 6.45) is 0.763. The van der Waals surface area contributed by atoms with Crippen molar-refractivity contribution in [2.75, 3.05) is 26.7 Å². The molecule has 0 spiro atoms. The molecule has 0 aromatic heterocycles. The molecule has 2 aromatic rings. The number of carbonyl (C=O) groups excluding carboxylic acids is 2. The maximum absolute atomic E-state index is 12.1. The highest BCUT2D eigenvalue weighted by Crippen LogP contribution is 2.24. The van der Waals surface area contributed by atoms with E-state index >= 15 is 0 Å². The van der Waals surface area contributed by atoms with Crippen LogP contribution in [-0.4, -0.2) is 43.5 Å². The molecule has 5 heteroatoms. The number of rotatable bonds is 5. The largest absolute Gasteiger partial charge is 0.497 e. The van der Waals surface area contributed by atoms with Crippen molar-refractivity contribution in [3.63, 3.8) is 0 Å². The fraction of sp³-hybridized carbons (Fsp3) is 0.368. The Balaban J connectivity index is 1.58. The third kappa shape index (κ3) is 3.35. The van der Waals surface area contributed by atoms with Gasteiger partial charge in [0.2, 0.25) is 11.8 Å². The summed E-state index contributed by atoms with van der Waals surface area (Å²) >= 11 is 0. The first-order valence-electron chi connectivity index (χ1n) is 8.17. The summed E-state index contributed by atoms with van der Waals surface area (Å²) in [4.78, 5) is 24.9. The zero-order chi connectivity index (χ0) is 17.1. The van der Waals surface area contributed by atoms with E-state index in [0.29, 0.717) is 19.6 Å². The lowest BCUT2D eigenvalue weighted by molar-refractivity contribution is -0.141. The molecule has 1 saturated heterocycles. The predicted molar refractivity (Wildman–Crippen MR) is 93.0 cm³/mol. The zero-order valence-corrected chi connectivity index (χ0v) is 14.0. The summed E-state index contributed by atoms with van der Waals surface area (Å²) < 4.78 is 5.30. The van der Waals surface area contributed by atoms with Crippen LogP contribution >= 0.6 is 0 Å². The van der Waals surface area contributed by atoms with Crippen molar-refractivity contribution >= 4 is 22.6 Å². The molecule has 1 heterocycles. The van der Waals surface area contributed by atoms with E-state index in [9.17, 15) is 9.59 Å². The van der Waals surface area contributed by atoms with Crippen LogP contribution in [0.2, 0.25) is 0 Å². The third-order valence-corrected chi connectivity index (χ3v) is 4.57. The normalized spacial score (nSPS) is 14.3. The topological polar surface area (TPSA) is 58.6 Å². The Kier molecular flexibility index (Phi) is 4.69. The summed E-state index contributed by atoms with van der Waals surface area (Å²) in [5.74, 6) is 0.827. The fourth-order valence-electron chi connectivity index (χ4n) is 3.03. The Bertz CT molecular complexity index is 766. The van der Waals surface area contributed by atoms with Crippen LogP contribution in [0.4, 0.5) is 0 Å². The number of benzene rings is 2. The highest BCUT2D eigenvalue weighted by molar-refractivity contribution is 5.87. The average molecular weight is 326 g/mol. The number of nitrogens with one attached hydrogen (secondary N) is 1. The van der Waals surface area contributed by atoms with Gasteiger partial charge in [-0.15, -0.1) is 0 Å². The van der Waals surface area contributed by atoms with Gasteiger partial charge in [0.15, 0.2) is 0 Å². The third-order valence-electron chi connectivity index (χ3n) is 4.57. The number of hydrogen-bond acceptors (Lipinski definition) is 3. The van der Waals surface area contributed by atoms with Gasteiger partial charge in [-0.1, -0.05) is 24.3 Å². The molecule has 0 saturated carbocycles. The van der Waals surface area contributed by atoms with Crippen LogP contribution in [0.1, 0.15) is 12.5 Å². The van der Waals surface area contributed by atoms with Crippen LogP contribution < -0.4 is 10.1 Å². The van der Waals surface area contributed by atoms with Gasteiger partial charge in [-0.2, -0.15) is 0 Å². The van der Waals surface area contributed by atoms with Gasteiger partial charge >= 0.3 is 0 Å². The van der Waals surface area contributed by atoms with E-state index in [1.165, 1.54) is 12.5 Å². The first-order valence-corrected chi connectivity index (χ1v) is 8.17. The van der Waals surface area contributed by atoms with Gasteiger partial charge in [0.1, 0.15) is 5.75 Å². The van der Waals surface area contributed by atoms with Crippen LogP contribution in [0.5, 0.6) is 5.75 Å². The number of amides is 2. The number of hydrogen-bond donors (Lipinski definition) is 1. The molecule has 1 aliphatic heterocycles. The highest BCUT2D eigenvalue weighted by atomic mass is 16.5. The SMILES string of the molecule is COc1ccc2cccc(CCNC(=O)C3CN(C(C)=O)C3)c2c1. The number of nitrogens with zero attached hydrogens (tertiary/aromatic N) is 1. The lowest BCUT2D eigenvalue weighted by Gasteiger charge is -2.37. The predicted octanol–water partition coefficient (Wildman–Crippen LogP) is 1.99. The van der Waals surface area contributed by atoms with Crippen molar-refractivity contribution in [1.29, 1.82) is 0 Å². The van der Waals surface area contributed by atoms with E-state index < -0.39 is 0 Å². The van der Waals surface area contributed by atoms with Gasteiger partial charge in [0.05, 0.1) is 13.0 Å². The Labute approximate surface area is 141 Å². The first kappa shape index (κ1) is 16.3. The summed E-state index contributed by atoms with van der Waals surface area (Å²) in [5.41, 5.74) is 1.19. The number of likely N-dealkylation sites (tertiary alicyclic amines) is 1. The Morgan fingerprint density at radius 2 is 2.04 bits per heavy atom. The molecule has 126 valence electrons. The van der Waals surface area contributed by atoms with E-state index in [2.05, 4.69) is 17.4 Å². The van der Waals surface area contributed by atoms with Gasteiger partial charge in [0.25, 0.3) is 0 Å². The summed E-state index contributed by atoms with van der Waals surface area (Å²) in [5, 5.41) is 5.29. The Morgan fingerprint density at radius 1 is 1.25 bits per heavy atom. The minimum absolute atomic E-state index is 0.0313. The molecule has 0 atom stereocenters. The standard InChI is InChI=1S/C19H22N2O3/c1-13(22)21-11-16(12-21)19(23)20-9-8-15-5-3-4-14-6-7-17(24-2)10-18(14)15/h3-7,10,16H,8-9,11-12H2,1-2H3,(H,20,23). The smallest absolute Gasteiger partial charge is 0.226 e. The van der Waals surface area contributed by atoms with Crippen LogP contribution in [0.25, 0.3) is 10.8 Å². The van der Waals surface area contributed by atoms with E-state index in [0.717, 1.165) is 22.9 Å². The Morgan fingerprint density at radius 3 is 2.75 bits per heavy atom. The van der Waals surface area contributed by atoms with Gasteiger partial charge in [-0.05, 0) is 34.9 Å². The van der Waals surface area contributed by atoms with E-state index in [4.69, 9.17) is 4.74 Å². The van der Waals surface area contributed by atoms with Crippen molar-refractivity contribution in [2.45, 2.75) is 13.3 Å². The van der Waals surface area contributed by atoms with Crippen molar-refractivity contribution in [1.82, 2.24) is 10.2 Å². The molecule has 0 unspecified atom stereocenters. The molecule has 3 rings (SSSR count). The minimum Gasteiger partial charge on any atom is -0.497 e. The molecular formula is C19H22N2O3. The molecule has 2 amide bonds. The highest BCUT2D eigenvalue weighted by Gasteiger charge is 2.33. The minimum atomic E-state index is -0.0680. The number of methoxy groups -OCH3 is 1. The van der Waals surface area contributed by atoms with Crippen molar-refractivity contribution in [3.8, 4) is 5.75 Å². The fourth-order valence-corrected chi connectivity index (χ4v) is 3.03. The van der Waals surface area contributed by atoms with Crippen molar-refractivity contribution in [3.05, 3.63) is 42.0 Å². The van der Waals surface area contributed by atoms with Gasteiger partial charge in [-0.3, -0.25) is 9.59 Å². The van der Waals surface area contributed by atoms with Gasteiger partial charge in [0, 0.05) is 26.6 Å². The number of fused-ring (bicyclic) bond motifs is 1. The van der Waals surface area contributed by atoms with Crippen LogP contribution in [0.15, 0.2) is 36.4 Å². The van der Waals surface area contributed by atoms with E-state index in [1.807, 2.05) is 24.3 Å². The lowest BCUT2D eigenvalue weighted by Crippen LogP contribution is -2.55. The zero-order valence-electron chi connectivity index (χ0n) is 14.0. The average Bonchev–Trinajstić information content (AvgIpc) is 2.52. The molecule has 0 bridgehead atoms. The second-order valence-corrected chi connectivity index (χ2v) is 6.17. The number of ether oxygens (including phenoxy) is 1. The van der Waals surface area contributed by atoms with Crippen LogP contribution in [-0.2, 0) is 16.0 Å². The molecule has 2 aromatic carbocycles. The second-order valence-electron chi connectivity index (χ2n) is 6.17. The first-order chi connectivity index (χ1) is 11.6. The second kappa shape index (κ2) is 6.91. The molecule has 1 fully saturated rings. The van der Waals surface area contributed by atoms with E-state index in [-0.39, 0.29) is 17.7 Å². The summed E-state index contributed by atoms with van der Waals surface area (Å²) in [7, 11) is 1.66. The van der Waals surface area contributed by atoms with Gasteiger partial charge < -0.3 is 15.0 Å². The molecular weight excluding hydrogens is 304 g/mol. The summed E-state index contributed by atoms with van der Waals surface area (Å²) in [6, 6.07) is 12.2. The monoisotopic (exact) mass is 326 g/mol. The van der Waals surface area contributed by atoms with Crippen molar-refractivity contribution < 1.29 is 14.3 Å². The van der Waals surface area contributed by atoms with Crippen LogP contribution in [0, 0.1) is 5.92 Å². The molecule has 1 N–H and O–H groups in total. The molecule has 0 radical (unpaired) electrons. The number of carbonyl (C=O) groups is 2. The quantitative estimate of drug-likeness (QED) is 0.914. The maximum atomic E-state index is 12.1. The molecule has 1 aliphatic rings. The maximum Gasteiger partial charge on any atom is 0.226 e. The Hall–Kier alpha value is -2.56. The van der Waals surface area contributed by atoms with Crippen molar-refractivity contribution in [2.24, 2.45) is 5.92 Å². The molecule has 24 heavy (non-hydrogen) atoms. The van der Waals surface area contributed by atoms with Gasteiger partial charge in [-0.25, -0.2) is 0 Å². The van der Waals surface area contributed by atoms with Crippen LogP contribution in [0.3, 0.4) is 0 Å². The molecule has 5 nitrogen and oxygen atoms in total. The van der Waals surface area contributed by atoms with E-state index in [1.54, 1.807) is 12.0 Å². The lowest BCUT2D eigenvalue weighted by atomic mass is 9.98. The summed E-state index contributed by atoms with van der Waals surface area (Å²) in [6.45, 7) is 3.19.